The third-order valence-corrected chi connectivity index (χ3v) is 5.31. The molecule has 64 valence electrons. The molecule has 0 aliphatic carbocycles. The summed E-state index contributed by atoms with van der Waals surface area (Å²) in [6, 6.07) is 7.70. The van der Waals surface area contributed by atoms with Gasteiger partial charge in [-0.05, 0) is 24.3 Å². The maximum atomic E-state index is 11.7. The molecule has 3 heteroatoms. The molecule has 0 atom stereocenters. The minimum atomic E-state index is -0.875. The Kier molecular flexibility index (Phi) is 2.33. The zero-order valence-electron chi connectivity index (χ0n) is 6.39. The third kappa shape index (κ3) is 1.79. The van der Waals surface area contributed by atoms with Gasteiger partial charge in [-0.1, -0.05) is 19.1 Å². The molecule has 0 fully saturated rings. The van der Waals surface area contributed by atoms with Crippen molar-refractivity contribution in [1.29, 1.82) is 0 Å². The van der Waals surface area contributed by atoms with Gasteiger partial charge in [-0.25, -0.2) is 4.39 Å². The SMILES string of the molecule is FCOc1ccc(I2#CC2)cc1. The van der Waals surface area contributed by atoms with Gasteiger partial charge in [0.1, 0.15) is 5.75 Å². The largest absolute Gasteiger partial charge is 0.463 e. The highest BCUT2D eigenvalue weighted by Gasteiger charge is 2.04. The van der Waals surface area contributed by atoms with E-state index in [0.29, 0.717) is 5.75 Å². The van der Waals surface area contributed by atoms with E-state index in [-0.39, 0.29) is 0 Å². The zero-order valence-corrected chi connectivity index (χ0v) is 8.55. The second kappa shape index (κ2) is 3.46. The lowest BCUT2D eigenvalue weighted by Gasteiger charge is -2.00. The van der Waals surface area contributed by atoms with Crippen LogP contribution in [0.15, 0.2) is 24.3 Å². The molecule has 1 nitrogen and oxygen atoms in total. The predicted molar refractivity (Wildman–Crippen MR) is 54.5 cm³/mol. The van der Waals surface area contributed by atoms with E-state index < -0.39 is 26.0 Å². The molecule has 0 N–H and O–H groups in total. The summed E-state index contributed by atoms with van der Waals surface area (Å²) in [7, 11) is 0. The molecule has 0 saturated carbocycles. The van der Waals surface area contributed by atoms with Gasteiger partial charge < -0.3 is 4.74 Å². The number of rotatable bonds is 2. The number of hydrogen-bond acceptors (Lipinski definition) is 1. The third-order valence-electron chi connectivity index (χ3n) is 1.57. The van der Waals surface area contributed by atoms with Crippen molar-refractivity contribution >= 4 is 19.1 Å². The minimum Gasteiger partial charge on any atom is -0.463 e. The number of hydrogen-bond donors (Lipinski definition) is 0. The lowest BCUT2D eigenvalue weighted by molar-refractivity contribution is 0.192. The first-order valence-corrected chi connectivity index (χ1v) is 7.26. The van der Waals surface area contributed by atoms with Gasteiger partial charge in [0.2, 0.25) is 6.86 Å². The molecule has 0 spiro atoms. The Labute approximate surface area is 77.0 Å². The molecule has 0 radical (unpaired) electrons. The van der Waals surface area contributed by atoms with Crippen LogP contribution in [0.5, 0.6) is 5.75 Å². The van der Waals surface area contributed by atoms with Crippen molar-refractivity contribution in [3.63, 3.8) is 0 Å². The van der Waals surface area contributed by atoms with E-state index in [1.165, 1.54) is 8.00 Å². The highest BCUT2D eigenvalue weighted by molar-refractivity contribution is 14.2. The van der Waals surface area contributed by atoms with Gasteiger partial charge in [0.05, 0.1) is 4.43 Å². The maximum absolute atomic E-state index is 11.7. The van der Waals surface area contributed by atoms with Crippen molar-refractivity contribution in [2.45, 2.75) is 0 Å². The second-order valence-corrected chi connectivity index (χ2v) is 7.17. The van der Waals surface area contributed by atoms with Gasteiger partial charge in [-0.2, -0.15) is 0 Å². The average molecular weight is 278 g/mol. The number of benzene rings is 1. The van der Waals surface area contributed by atoms with Crippen LogP contribution >= 0.6 is 19.1 Å². The Bertz CT molecular complexity index is 358. The molecule has 0 saturated heterocycles. The van der Waals surface area contributed by atoms with Crippen molar-refractivity contribution in [2.24, 2.45) is 0 Å². The number of alkyl halides is 2. The molecule has 2 rings (SSSR count). The van der Waals surface area contributed by atoms with Crippen LogP contribution in [0.1, 0.15) is 0 Å². The first kappa shape index (κ1) is 8.08. The van der Waals surface area contributed by atoms with Crippen molar-refractivity contribution in [3.05, 3.63) is 27.8 Å². The van der Waals surface area contributed by atoms with E-state index in [4.69, 9.17) is 4.74 Å². The van der Waals surface area contributed by atoms with E-state index in [1.807, 2.05) is 24.3 Å². The summed E-state index contributed by atoms with van der Waals surface area (Å²) < 4.78 is 22.4. The zero-order chi connectivity index (χ0) is 8.39. The molecule has 1 heterocycles. The van der Waals surface area contributed by atoms with E-state index in [0.717, 1.165) is 0 Å². The van der Waals surface area contributed by atoms with Gasteiger partial charge in [0.25, 0.3) is 0 Å². The lowest BCUT2D eigenvalue weighted by atomic mass is 10.3. The van der Waals surface area contributed by atoms with Crippen LogP contribution in [-0.4, -0.2) is 11.3 Å². The molecular weight excluding hydrogens is 270 g/mol. The molecule has 1 aromatic carbocycles. The standard InChI is InChI=1S/C9H8FIO/c10-7-12-9-3-1-8(2-4-9)11-5-6-11/h1-4H,5,7H2. The van der Waals surface area contributed by atoms with Gasteiger partial charge >= 0.3 is 0 Å². The summed E-state index contributed by atoms with van der Waals surface area (Å²) >= 11 is -0.875. The normalized spacial score (nSPS) is 14.8. The highest BCUT2D eigenvalue weighted by Crippen LogP contribution is 2.38. The van der Waals surface area contributed by atoms with Gasteiger partial charge in [0, 0.05) is 3.57 Å². The molecular formula is C9H8FIO. The summed E-state index contributed by atoms with van der Waals surface area (Å²) in [5.41, 5.74) is 0. The van der Waals surface area contributed by atoms with E-state index in [9.17, 15) is 4.39 Å². The van der Waals surface area contributed by atoms with Crippen molar-refractivity contribution in [2.75, 3.05) is 11.3 Å². The number of halogens is 2. The topological polar surface area (TPSA) is 9.23 Å². The molecule has 1 aromatic rings. The molecule has 0 unspecified atom stereocenters. The van der Waals surface area contributed by atoms with Gasteiger partial charge in [0.15, 0.2) is 0 Å². The lowest BCUT2D eigenvalue weighted by Crippen LogP contribution is -1.88. The molecule has 0 bridgehead atoms. The quantitative estimate of drug-likeness (QED) is 0.597. The Morgan fingerprint density at radius 1 is 1.42 bits per heavy atom. The van der Waals surface area contributed by atoms with Crippen molar-refractivity contribution < 1.29 is 9.13 Å². The summed E-state index contributed by atoms with van der Waals surface area (Å²) in [4.78, 5) is 0. The Morgan fingerprint density at radius 3 is 2.58 bits per heavy atom. The Balaban J connectivity index is 2.15. The first-order valence-electron chi connectivity index (χ1n) is 3.58. The summed E-state index contributed by atoms with van der Waals surface area (Å²) in [6.45, 7) is -0.750. The fourth-order valence-electron chi connectivity index (χ4n) is 0.925. The van der Waals surface area contributed by atoms with Crippen LogP contribution in [0.3, 0.4) is 0 Å². The second-order valence-electron chi connectivity index (χ2n) is 2.34. The smallest absolute Gasteiger partial charge is 0.228 e. The Morgan fingerprint density at radius 2 is 2.08 bits per heavy atom. The molecule has 1 aliphatic rings. The maximum Gasteiger partial charge on any atom is 0.228 e. The van der Waals surface area contributed by atoms with Crippen molar-refractivity contribution in [1.82, 2.24) is 0 Å². The van der Waals surface area contributed by atoms with E-state index >= 15 is 0 Å². The fourth-order valence-corrected chi connectivity index (χ4v) is 4.15. The average Bonchev–Trinajstić information content (AvgIpc) is 2.89. The van der Waals surface area contributed by atoms with Crippen molar-refractivity contribution in [3.8, 4) is 9.56 Å². The van der Waals surface area contributed by atoms with Crippen LogP contribution in [0.2, 0.25) is 0 Å². The van der Waals surface area contributed by atoms with Crippen LogP contribution < -0.4 is 4.74 Å². The summed E-state index contributed by atoms with van der Waals surface area (Å²) in [5, 5.41) is 0. The van der Waals surface area contributed by atoms with Crippen LogP contribution in [0.4, 0.5) is 4.39 Å². The van der Waals surface area contributed by atoms with E-state index in [2.05, 4.69) is 3.81 Å². The molecule has 12 heavy (non-hydrogen) atoms. The van der Waals surface area contributed by atoms with Crippen LogP contribution in [0, 0.1) is 7.38 Å². The van der Waals surface area contributed by atoms with Crippen LogP contribution in [-0.2, 0) is 0 Å². The minimum absolute atomic E-state index is 0.610. The first-order chi connectivity index (χ1) is 5.90. The summed E-state index contributed by atoms with van der Waals surface area (Å²) in [5.74, 6) is 0.610. The highest BCUT2D eigenvalue weighted by atomic mass is 127. The molecule has 0 aromatic heterocycles. The summed E-state index contributed by atoms with van der Waals surface area (Å²) in [6.07, 6.45) is 0. The van der Waals surface area contributed by atoms with Gasteiger partial charge in [-0.3, -0.25) is 0 Å². The molecule has 0 amide bonds. The van der Waals surface area contributed by atoms with E-state index in [1.54, 1.807) is 0 Å². The molecule has 1 aliphatic heterocycles. The van der Waals surface area contributed by atoms with Crippen LogP contribution in [0.25, 0.3) is 0 Å². The number of ether oxygens (including phenoxy) is 1. The fraction of sp³-hybridized carbons (Fsp3) is 0.222. The predicted octanol–water partition coefficient (Wildman–Crippen LogP) is 2.64. The monoisotopic (exact) mass is 278 g/mol. The van der Waals surface area contributed by atoms with Gasteiger partial charge in [-0.15, -0.1) is 3.81 Å². The Hall–Kier alpha value is -0.540.